The summed E-state index contributed by atoms with van der Waals surface area (Å²) in [6, 6.07) is 8.25. The highest BCUT2D eigenvalue weighted by molar-refractivity contribution is 5.80. The minimum absolute atomic E-state index is 0. The van der Waals surface area contributed by atoms with Crippen molar-refractivity contribution in [3.8, 4) is 0 Å². The van der Waals surface area contributed by atoms with Crippen LogP contribution in [0.4, 0.5) is 4.79 Å². The van der Waals surface area contributed by atoms with Crippen LogP contribution in [0.1, 0.15) is 19.4 Å². The Labute approximate surface area is 112 Å². The van der Waals surface area contributed by atoms with E-state index in [9.17, 15) is 9.59 Å². The molecule has 0 aromatic heterocycles. The molecule has 0 saturated carbocycles. The van der Waals surface area contributed by atoms with Crippen LogP contribution < -0.4 is 11.5 Å². The number of amides is 1. The molecule has 1 aromatic carbocycles. The zero-order valence-electron chi connectivity index (χ0n) is 11.1. The summed E-state index contributed by atoms with van der Waals surface area (Å²) in [5, 5.41) is 11.2. The fourth-order valence-corrected chi connectivity index (χ4v) is 1.41. The smallest absolute Gasteiger partial charge is 0.408 e. The van der Waals surface area contributed by atoms with Crippen molar-refractivity contribution in [1.29, 1.82) is 0 Å². The van der Waals surface area contributed by atoms with Crippen molar-refractivity contribution in [1.82, 2.24) is 11.5 Å². The molecule has 0 radical (unpaired) electrons. The molecular formula is C13H20N2O4. The van der Waals surface area contributed by atoms with Crippen molar-refractivity contribution in [3.05, 3.63) is 35.9 Å². The van der Waals surface area contributed by atoms with Gasteiger partial charge in [-0.05, 0) is 11.5 Å². The van der Waals surface area contributed by atoms with Crippen molar-refractivity contribution in [3.63, 3.8) is 0 Å². The van der Waals surface area contributed by atoms with Crippen LogP contribution in [0.5, 0.6) is 0 Å². The first-order valence-electron chi connectivity index (χ1n) is 5.70. The first-order valence-corrected chi connectivity index (χ1v) is 5.70. The van der Waals surface area contributed by atoms with E-state index < -0.39 is 18.1 Å². The number of ether oxygens (including phenoxy) is 1. The van der Waals surface area contributed by atoms with E-state index in [2.05, 4.69) is 5.32 Å². The maximum absolute atomic E-state index is 11.4. The van der Waals surface area contributed by atoms with Crippen molar-refractivity contribution < 1.29 is 19.4 Å². The van der Waals surface area contributed by atoms with E-state index in [0.717, 1.165) is 5.56 Å². The first kappa shape index (κ1) is 16.9. The number of rotatable bonds is 5. The van der Waals surface area contributed by atoms with Crippen LogP contribution in [0.15, 0.2) is 30.3 Å². The van der Waals surface area contributed by atoms with Crippen LogP contribution >= 0.6 is 0 Å². The lowest BCUT2D eigenvalue weighted by molar-refractivity contribution is -0.140. The molecule has 0 aliphatic carbocycles. The zero-order valence-corrected chi connectivity index (χ0v) is 11.1. The van der Waals surface area contributed by atoms with Crippen LogP contribution in [0.2, 0.25) is 0 Å². The number of hydrogen-bond acceptors (Lipinski definition) is 4. The molecule has 6 nitrogen and oxygen atoms in total. The quantitative estimate of drug-likeness (QED) is 0.758. The number of carbonyl (C=O) groups is 2. The molecule has 106 valence electrons. The number of aliphatic carboxylic acids is 1. The van der Waals surface area contributed by atoms with Gasteiger partial charge in [-0.3, -0.25) is 0 Å². The topological polar surface area (TPSA) is 111 Å². The number of nitrogens with one attached hydrogen (secondary N) is 1. The maximum Gasteiger partial charge on any atom is 0.408 e. The second-order valence-corrected chi connectivity index (χ2v) is 4.27. The van der Waals surface area contributed by atoms with Gasteiger partial charge in [-0.2, -0.15) is 0 Å². The lowest BCUT2D eigenvalue weighted by Crippen LogP contribution is -2.44. The highest BCUT2D eigenvalue weighted by atomic mass is 16.5. The number of carboxylic acids is 1. The van der Waals surface area contributed by atoms with Crippen LogP contribution in [-0.2, 0) is 16.1 Å². The van der Waals surface area contributed by atoms with E-state index in [0.29, 0.717) is 0 Å². The summed E-state index contributed by atoms with van der Waals surface area (Å²) in [6.07, 6.45) is -0.722. The average molecular weight is 268 g/mol. The maximum atomic E-state index is 11.4. The SMILES string of the molecule is CC(C)[C@H](NC(=O)OCc1ccccc1)C(=O)O.N. The van der Waals surface area contributed by atoms with Crippen LogP contribution in [0, 0.1) is 5.92 Å². The molecule has 0 fully saturated rings. The van der Waals surface area contributed by atoms with Gasteiger partial charge in [0.25, 0.3) is 0 Å². The van der Waals surface area contributed by atoms with Crippen molar-refractivity contribution in [2.45, 2.75) is 26.5 Å². The normalized spacial score (nSPS) is 11.3. The molecule has 0 aliphatic rings. The van der Waals surface area contributed by atoms with Gasteiger partial charge in [-0.25, -0.2) is 9.59 Å². The predicted molar refractivity (Wildman–Crippen MR) is 71.0 cm³/mol. The average Bonchev–Trinajstić information content (AvgIpc) is 2.34. The minimum Gasteiger partial charge on any atom is -0.480 e. The van der Waals surface area contributed by atoms with Gasteiger partial charge < -0.3 is 21.3 Å². The van der Waals surface area contributed by atoms with Crippen molar-refractivity contribution in [2.75, 3.05) is 0 Å². The Morgan fingerprint density at radius 1 is 1.26 bits per heavy atom. The number of carbonyl (C=O) groups excluding carboxylic acids is 1. The van der Waals surface area contributed by atoms with E-state index in [4.69, 9.17) is 9.84 Å². The lowest BCUT2D eigenvalue weighted by Gasteiger charge is -2.17. The van der Waals surface area contributed by atoms with Crippen LogP contribution in [0.25, 0.3) is 0 Å². The number of carboxylic acid groups (broad SMARTS) is 1. The number of alkyl carbamates (subject to hydrolysis) is 1. The molecule has 0 unspecified atom stereocenters. The summed E-state index contributed by atoms with van der Waals surface area (Å²) in [5.74, 6) is -1.27. The highest BCUT2D eigenvalue weighted by Gasteiger charge is 2.23. The summed E-state index contributed by atoms with van der Waals surface area (Å²) >= 11 is 0. The third-order valence-corrected chi connectivity index (χ3v) is 2.42. The molecular weight excluding hydrogens is 248 g/mol. The van der Waals surface area contributed by atoms with E-state index in [-0.39, 0.29) is 18.7 Å². The third-order valence-electron chi connectivity index (χ3n) is 2.42. The van der Waals surface area contributed by atoms with Crippen LogP contribution in [-0.4, -0.2) is 23.2 Å². The Balaban J connectivity index is 0.00000324. The second kappa shape index (κ2) is 8.10. The molecule has 1 rings (SSSR count). The fourth-order valence-electron chi connectivity index (χ4n) is 1.41. The minimum atomic E-state index is -1.07. The first-order chi connectivity index (χ1) is 8.50. The predicted octanol–water partition coefficient (Wildman–Crippen LogP) is 2.18. The molecule has 0 spiro atoms. The van der Waals surface area contributed by atoms with Gasteiger partial charge in [0.05, 0.1) is 0 Å². The van der Waals surface area contributed by atoms with Crippen molar-refractivity contribution >= 4 is 12.1 Å². The van der Waals surface area contributed by atoms with Gasteiger partial charge in [-0.1, -0.05) is 44.2 Å². The van der Waals surface area contributed by atoms with E-state index in [1.54, 1.807) is 13.8 Å². The summed E-state index contributed by atoms with van der Waals surface area (Å²) < 4.78 is 4.95. The molecule has 0 saturated heterocycles. The Morgan fingerprint density at radius 3 is 2.32 bits per heavy atom. The Morgan fingerprint density at radius 2 is 1.84 bits per heavy atom. The molecule has 6 heteroatoms. The van der Waals surface area contributed by atoms with Gasteiger partial charge in [-0.15, -0.1) is 0 Å². The highest BCUT2D eigenvalue weighted by Crippen LogP contribution is 2.04. The molecule has 0 bridgehead atoms. The largest absolute Gasteiger partial charge is 0.480 e. The summed E-state index contributed by atoms with van der Waals surface area (Å²) in [5.41, 5.74) is 0.851. The number of hydrogen-bond donors (Lipinski definition) is 3. The fraction of sp³-hybridized carbons (Fsp3) is 0.385. The lowest BCUT2D eigenvalue weighted by atomic mass is 10.1. The van der Waals surface area contributed by atoms with Gasteiger partial charge in [0.2, 0.25) is 0 Å². The zero-order chi connectivity index (χ0) is 13.5. The molecule has 1 atom stereocenters. The molecule has 1 amide bonds. The molecule has 0 heterocycles. The Hall–Kier alpha value is -2.08. The summed E-state index contributed by atoms with van der Waals surface area (Å²) in [4.78, 5) is 22.3. The second-order valence-electron chi connectivity index (χ2n) is 4.27. The summed E-state index contributed by atoms with van der Waals surface area (Å²) in [7, 11) is 0. The van der Waals surface area contributed by atoms with E-state index in [1.807, 2.05) is 30.3 Å². The van der Waals surface area contributed by atoms with Gasteiger partial charge in [0, 0.05) is 0 Å². The molecule has 5 N–H and O–H groups in total. The van der Waals surface area contributed by atoms with Crippen LogP contribution in [0.3, 0.4) is 0 Å². The summed E-state index contributed by atoms with van der Waals surface area (Å²) in [6.45, 7) is 3.56. The monoisotopic (exact) mass is 268 g/mol. The van der Waals surface area contributed by atoms with Gasteiger partial charge >= 0.3 is 12.1 Å². The van der Waals surface area contributed by atoms with E-state index >= 15 is 0 Å². The molecule has 19 heavy (non-hydrogen) atoms. The van der Waals surface area contributed by atoms with Gasteiger partial charge in [0.1, 0.15) is 12.6 Å². The standard InChI is InChI=1S/C13H17NO4.H3N/c1-9(2)11(12(15)16)14-13(17)18-8-10-6-4-3-5-7-10;/h3-7,9,11H,8H2,1-2H3,(H,14,17)(H,15,16);1H3/t11-;/m0./s1. The molecule has 1 aromatic rings. The van der Waals surface area contributed by atoms with E-state index in [1.165, 1.54) is 0 Å². The Kier molecular flexibility index (Phi) is 7.21. The molecule has 0 aliphatic heterocycles. The third kappa shape index (κ3) is 5.87. The van der Waals surface area contributed by atoms with Crippen molar-refractivity contribution in [2.24, 2.45) is 5.92 Å². The number of benzene rings is 1. The Bertz CT molecular complexity index is 406. The van der Waals surface area contributed by atoms with Gasteiger partial charge in [0.15, 0.2) is 0 Å².